The molecule has 0 aliphatic heterocycles. The molecule has 360 valence electrons. The number of carboxylic acids is 6. The summed E-state index contributed by atoms with van der Waals surface area (Å²) < 4.78 is 0. The molecule has 0 aromatic heterocycles. The molecule has 20 heteroatoms. The van der Waals surface area contributed by atoms with Gasteiger partial charge in [0.1, 0.15) is 0 Å². The van der Waals surface area contributed by atoms with Gasteiger partial charge in [-0.15, -0.1) is 0 Å². The number of benzene rings is 6. The first kappa shape index (κ1) is 73.7. The van der Waals surface area contributed by atoms with E-state index in [-0.39, 0.29) is 143 Å². The third kappa shape index (κ3) is 42.8. The van der Waals surface area contributed by atoms with E-state index in [0.717, 1.165) is 12.8 Å². The van der Waals surface area contributed by atoms with Crippen LogP contribution >= 0.6 is 0 Å². The second kappa shape index (κ2) is 47.7. The Balaban J connectivity index is -0.000000162. The molecule has 0 saturated heterocycles. The van der Waals surface area contributed by atoms with Gasteiger partial charge in [-0.1, -0.05) is 182 Å². The van der Waals surface area contributed by atoms with E-state index in [1.807, 2.05) is 0 Å². The van der Waals surface area contributed by atoms with E-state index < -0.39 is 35.8 Å². The average Bonchev–Trinajstić information content (AvgIpc) is 3.32. The van der Waals surface area contributed by atoms with Gasteiger partial charge in [-0.3, -0.25) is 9.59 Å². The summed E-state index contributed by atoms with van der Waals surface area (Å²) in [5.41, 5.74) is 1.32. The zero-order valence-corrected chi connectivity index (χ0v) is 41.8. The molecule has 0 bridgehead atoms. The molecule has 6 N–H and O–H groups in total. The fraction of sp³-hybridized carbons (Fsp3) is 0.0833. The molecule has 0 spiro atoms. The topological polar surface area (TPSA) is 347 Å². The molecule has 18 nitrogen and oxygen atoms in total. The zero-order valence-electron chi connectivity index (χ0n) is 37.0. The van der Waals surface area contributed by atoms with Crippen LogP contribution in [0.15, 0.2) is 182 Å². The van der Waals surface area contributed by atoms with Gasteiger partial charge in [-0.25, -0.2) is 0 Å². The maximum Gasteiger partial charge on any atom is 3.00 e. The molecule has 6 aromatic rings. The SMILES string of the molecule is CN(C)C=O.CN(C)C=O.O=C([O-])c1ccccc1.O=C([O-])c1ccccc1.O=C([O-])c1ccccc1.O=C([O-])c1ccccc1.O=C([O-])c1ccccc1.O=C([O-])c1ccccc1.[Eu+3].[Eu+3].[OH3+].[OH3+]. The Kier molecular flexibility index (Phi) is 51.7. The van der Waals surface area contributed by atoms with Crippen LogP contribution in [0.4, 0.5) is 0 Å². The Labute approximate surface area is 475 Å². The standard InChI is InChI=1S/6C7H6O2.2C3H7NO.2Eu.2H2O/c6*8-7(9)6-4-2-1-3-5-6;2*1-4(2)3-5;;;;/h6*1-5H,(H,8,9);2*3H,1-2H3;;;2*1H2/q;;;;;;;;2*+3;;/p-4. The normalized spacial score (nSPS) is 8.06. The van der Waals surface area contributed by atoms with Crippen LogP contribution in [0.25, 0.3) is 0 Å². The van der Waals surface area contributed by atoms with Gasteiger partial charge in [0.05, 0.1) is 35.8 Å². The molecule has 0 heterocycles. The van der Waals surface area contributed by atoms with Gasteiger partial charge in [-0.2, -0.15) is 0 Å². The summed E-state index contributed by atoms with van der Waals surface area (Å²) in [6.45, 7) is 0. The van der Waals surface area contributed by atoms with Gasteiger partial charge in [0.15, 0.2) is 0 Å². The largest absolute Gasteiger partial charge is 3.00 e. The maximum atomic E-state index is 10.1. The molecule has 0 saturated carbocycles. The monoisotopic (exact) mass is 1220 g/mol. The quantitative estimate of drug-likeness (QED) is 0.116. The van der Waals surface area contributed by atoms with E-state index >= 15 is 0 Å². The van der Waals surface area contributed by atoms with Gasteiger partial charge in [0, 0.05) is 28.2 Å². The van der Waals surface area contributed by atoms with Gasteiger partial charge in [0.25, 0.3) is 0 Å². The third-order valence-electron chi connectivity index (χ3n) is 6.48. The van der Waals surface area contributed by atoms with Crippen LogP contribution in [0, 0.1) is 98.8 Å². The molecule has 0 radical (unpaired) electrons. The van der Waals surface area contributed by atoms with E-state index in [4.69, 9.17) is 0 Å². The van der Waals surface area contributed by atoms with Crippen molar-refractivity contribution in [3.05, 3.63) is 215 Å². The number of aromatic carboxylic acids is 6. The summed E-state index contributed by atoms with van der Waals surface area (Å²) in [4.78, 5) is 82.3. The van der Waals surface area contributed by atoms with Crippen LogP contribution in [0.2, 0.25) is 0 Å². The maximum absolute atomic E-state index is 10.1. The minimum Gasteiger partial charge on any atom is -0.545 e. The van der Waals surface area contributed by atoms with Gasteiger partial charge in [-0.05, 0) is 33.4 Å². The first-order chi connectivity index (χ1) is 30.4. The van der Waals surface area contributed by atoms with Crippen molar-refractivity contribution >= 4 is 48.6 Å². The third-order valence-corrected chi connectivity index (χ3v) is 6.48. The van der Waals surface area contributed by atoms with Crippen molar-refractivity contribution in [1.82, 2.24) is 9.80 Å². The number of rotatable bonds is 8. The van der Waals surface area contributed by atoms with Gasteiger partial charge < -0.3 is 80.2 Å². The molecular formula is C48H50Eu2N2O16+2. The molecule has 68 heavy (non-hydrogen) atoms. The van der Waals surface area contributed by atoms with Crippen molar-refractivity contribution < 1.29 is 179 Å². The van der Waals surface area contributed by atoms with Crippen LogP contribution in [0.1, 0.15) is 62.1 Å². The van der Waals surface area contributed by atoms with Crippen LogP contribution in [-0.4, -0.2) is 86.6 Å². The average molecular weight is 1210 g/mol. The predicted molar refractivity (Wildman–Crippen MR) is 234 cm³/mol. The van der Waals surface area contributed by atoms with Crippen molar-refractivity contribution in [3.8, 4) is 0 Å². The molecule has 2 amide bonds. The van der Waals surface area contributed by atoms with E-state index in [2.05, 4.69) is 0 Å². The molecule has 0 aliphatic carbocycles. The number of hydrogen-bond donors (Lipinski definition) is 0. The first-order valence-corrected chi connectivity index (χ1v) is 18.2. The smallest absolute Gasteiger partial charge is 0.545 e. The van der Waals surface area contributed by atoms with Crippen LogP contribution in [0.3, 0.4) is 0 Å². The summed E-state index contributed by atoms with van der Waals surface area (Å²) in [7, 11) is 6.75. The van der Waals surface area contributed by atoms with Crippen molar-refractivity contribution in [1.29, 1.82) is 0 Å². The Morgan fingerprint density at radius 2 is 0.382 bits per heavy atom. The Morgan fingerprint density at radius 3 is 0.426 bits per heavy atom. The summed E-state index contributed by atoms with van der Waals surface area (Å²) in [5, 5.41) is 60.5. The number of carbonyl (C=O) groups excluding carboxylic acids is 8. The van der Waals surface area contributed by atoms with Crippen LogP contribution in [-0.2, 0) is 20.5 Å². The van der Waals surface area contributed by atoms with Crippen molar-refractivity contribution in [2.75, 3.05) is 28.2 Å². The van der Waals surface area contributed by atoms with E-state index in [1.54, 1.807) is 137 Å². The molecule has 0 aliphatic rings. The number of nitrogens with zero attached hydrogens (tertiary/aromatic N) is 2. The fourth-order valence-corrected chi connectivity index (χ4v) is 3.45. The molecular weight excluding hydrogens is 1160 g/mol. The van der Waals surface area contributed by atoms with Crippen LogP contribution in [0.5, 0.6) is 0 Å². The number of hydrogen-bond acceptors (Lipinski definition) is 14. The first-order valence-electron chi connectivity index (χ1n) is 18.2. The molecule has 0 unspecified atom stereocenters. The summed E-state index contributed by atoms with van der Waals surface area (Å²) in [5.74, 6) is -6.77. The summed E-state index contributed by atoms with van der Waals surface area (Å²) in [6, 6.07) is 48.4. The van der Waals surface area contributed by atoms with Crippen molar-refractivity contribution in [2.45, 2.75) is 0 Å². The van der Waals surface area contributed by atoms with Gasteiger partial charge >= 0.3 is 98.8 Å². The van der Waals surface area contributed by atoms with E-state index in [9.17, 15) is 69.0 Å². The summed E-state index contributed by atoms with van der Waals surface area (Å²) in [6.07, 6.45) is 1.50. The van der Waals surface area contributed by atoms with E-state index in [1.165, 1.54) is 82.6 Å². The van der Waals surface area contributed by atoms with Crippen LogP contribution < -0.4 is 30.6 Å². The Hall–Kier alpha value is -5.83. The fourth-order valence-electron chi connectivity index (χ4n) is 3.45. The molecule has 6 aromatic carbocycles. The molecule has 0 atom stereocenters. The second-order valence-electron chi connectivity index (χ2n) is 12.1. The second-order valence-corrected chi connectivity index (χ2v) is 12.1. The van der Waals surface area contributed by atoms with Crippen molar-refractivity contribution in [3.63, 3.8) is 0 Å². The number of carbonyl (C=O) groups is 8. The predicted octanol–water partition coefficient (Wildman–Crippen LogP) is -2.13. The molecule has 0 fully saturated rings. The number of amides is 2. The zero-order chi connectivity index (χ0) is 48.7. The van der Waals surface area contributed by atoms with Crippen molar-refractivity contribution in [2.24, 2.45) is 0 Å². The van der Waals surface area contributed by atoms with E-state index in [0.29, 0.717) is 0 Å². The van der Waals surface area contributed by atoms with Gasteiger partial charge in [0.2, 0.25) is 12.8 Å². The number of carboxylic acid groups (broad SMARTS) is 6. The summed E-state index contributed by atoms with van der Waals surface area (Å²) >= 11 is 0. The Bertz CT molecular complexity index is 1830. The minimum absolute atomic E-state index is 0. The Morgan fingerprint density at radius 1 is 0.294 bits per heavy atom. The minimum atomic E-state index is -1.13. The molecule has 6 rings (SSSR count).